The van der Waals surface area contributed by atoms with Gasteiger partial charge in [0.1, 0.15) is 0 Å². The van der Waals surface area contributed by atoms with Gasteiger partial charge < -0.3 is 4.90 Å². The third-order valence-electron chi connectivity index (χ3n) is 2.43. The van der Waals surface area contributed by atoms with Crippen LogP contribution in [0.5, 0.6) is 0 Å². The molecule has 1 aromatic carbocycles. The van der Waals surface area contributed by atoms with E-state index in [0.717, 1.165) is 28.7 Å². The van der Waals surface area contributed by atoms with Crippen LogP contribution in [0.4, 0.5) is 5.69 Å². The molecule has 0 N–H and O–H groups in total. The van der Waals surface area contributed by atoms with Crippen LogP contribution in [-0.4, -0.2) is 13.6 Å². The van der Waals surface area contributed by atoms with Crippen molar-refractivity contribution in [3.63, 3.8) is 0 Å². The predicted octanol–water partition coefficient (Wildman–Crippen LogP) is 3.38. The molecule has 0 saturated heterocycles. The Labute approximate surface area is 88.3 Å². The van der Waals surface area contributed by atoms with Crippen molar-refractivity contribution in [2.75, 3.05) is 18.5 Å². The van der Waals surface area contributed by atoms with Crippen molar-refractivity contribution >= 4 is 28.9 Å². The van der Waals surface area contributed by atoms with Gasteiger partial charge in [-0.2, -0.15) is 0 Å². The first-order valence-corrected chi connectivity index (χ1v) is 5.13. The molecule has 0 saturated carbocycles. The Morgan fingerprint density at radius 1 is 1.31 bits per heavy atom. The van der Waals surface area contributed by atoms with Crippen molar-refractivity contribution in [2.45, 2.75) is 12.8 Å². The van der Waals surface area contributed by atoms with Gasteiger partial charge in [-0.3, -0.25) is 0 Å². The molecule has 2 rings (SSSR count). The summed E-state index contributed by atoms with van der Waals surface area (Å²) in [6.07, 6.45) is 2.26. The van der Waals surface area contributed by atoms with E-state index in [0.29, 0.717) is 0 Å². The Morgan fingerprint density at radius 3 is 2.85 bits per heavy atom. The van der Waals surface area contributed by atoms with E-state index in [1.807, 2.05) is 12.1 Å². The number of nitrogens with zero attached hydrogens (tertiary/aromatic N) is 1. The zero-order chi connectivity index (χ0) is 9.42. The number of rotatable bonds is 0. The van der Waals surface area contributed by atoms with E-state index >= 15 is 0 Å². The summed E-state index contributed by atoms with van der Waals surface area (Å²) in [4.78, 5) is 2.19. The smallest absolute Gasteiger partial charge is 0.0657 e. The molecule has 0 atom stereocenters. The maximum Gasteiger partial charge on any atom is 0.0657 e. The van der Waals surface area contributed by atoms with Gasteiger partial charge in [0.25, 0.3) is 0 Å². The number of benzene rings is 1. The maximum absolute atomic E-state index is 6.12. The minimum absolute atomic E-state index is 0.735. The molecule has 1 aromatic rings. The van der Waals surface area contributed by atoms with Crippen molar-refractivity contribution in [3.05, 3.63) is 27.7 Å². The molecule has 1 heterocycles. The molecule has 0 radical (unpaired) electrons. The average Bonchev–Trinajstić information content (AvgIpc) is 2.02. The van der Waals surface area contributed by atoms with E-state index in [1.165, 1.54) is 12.0 Å². The molecule has 0 aromatic heterocycles. The Morgan fingerprint density at radius 2 is 2.08 bits per heavy atom. The Hall–Kier alpha value is -0.400. The first-order chi connectivity index (χ1) is 6.18. The summed E-state index contributed by atoms with van der Waals surface area (Å²) in [5.41, 5.74) is 2.42. The fraction of sp³-hybridized carbons (Fsp3) is 0.400. The maximum atomic E-state index is 6.12. The topological polar surface area (TPSA) is 3.24 Å². The van der Waals surface area contributed by atoms with Gasteiger partial charge in [0.15, 0.2) is 0 Å². The van der Waals surface area contributed by atoms with E-state index in [4.69, 9.17) is 23.2 Å². The molecular weight excluding hydrogens is 205 g/mol. The summed E-state index contributed by atoms with van der Waals surface area (Å²) in [6.45, 7) is 1.08. The van der Waals surface area contributed by atoms with E-state index in [-0.39, 0.29) is 0 Å². The van der Waals surface area contributed by atoms with Gasteiger partial charge in [-0.1, -0.05) is 23.2 Å². The lowest BCUT2D eigenvalue weighted by molar-refractivity contribution is 0.745. The van der Waals surface area contributed by atoms with Crippen molar-refractivity contribution in [2.24, 2.45) is 0 Å². The van der Waals surface area contributed by atoms with Crippen LogP contribution < -0.4 is 4.90 Å². The molecule has 0 bridgehead atoms. The first kappa shape index (κ1) is 9.17. The van der Waals surface area contributed by atoms with Gasteiger partial charge >= 0.3 is 0 Å². The second-order valence-electron chi connectivity index (χ2n) is 3.42. The predicted molar refractivity (Wildman–Crippen MR) is 58.1 cm³/mol. The number of hydrogen-bond acceptors (Lipinski definition) is 1. The molecule has 70 valence electrons. The molecule has 13 heavy (non-hydrogen) atoms. The van der Waals surface area contributed by atoms with Gasteiger partial charge in [-0.05, 0) is 30.5 Å². The molecule has 1 aliphatic rings. The third-order valence-corrected chi connectivity index (χ3v) is 2.93. The summed E-state index contributed by atoms with van der Waals surface area (Å²) in [6, 6.07) is 3.82. The highest BCUT2D eigenvalue weighted by Gasteiger charge is 2.17. The Kier molecular flexibility index (Phi) is 2.39. The molecule has 0 spiro atoms. The fourth-order valence-electron chi connectivity index (χ4n) is 1.86. The van der Waals surface area contributed by atoms with E-state index < -0.39 is 0 Å². The zero-order valence-corrected chi connectivity index (χ0v) is 8.99. The Bertz CT molecular complexity index is 336. The van der Waals surface area contributed by atoms with Crippen molar-refractivity contribution < 1.29 is 0 Å². The average molecular weight is 216 g/mol. The third kappa shape index (κ3) is 1.63. The first-order valence-electron chi connectivity index (χ1n) is 4.37. The zero-order valence-electron chi connectivity index (χ0n) is 7.48. The van der Waals surface area contributed by atoms with Crippen LogP contribution in [0.3, 0.4) is 0 Å². The van der Waals surface area contributed by atoms with Gasteiger partial charge in [-0.25, -0.2) is 0 Å². The molecule has 0 aliphatic carbocycles. The molecule has 0 fully saturated rings. The number of hydrogen-bond donors (Lipinski definition) is 0. The second-order valence-corrected chi connectivity index (χ2v) is 4.26. The summed E-state index contributed by atoms with van der Waals surface area (Å²) in [7, 11) is 2.07. The van der Waals surface area contributed by atoms with E-state index in [2.05, 4.69) is 11.9 Å². The molecule has 3 heteroatoms. The number of fused-ring (bicyclic) bond motifs is 1. The number of anilines is 1. The molecule has 1 aliphatic heterocycles. The number of halogens is 2. The van der Waals surface area contributed by atoms with Crippen molar-refractivity contribution in [1.29, 1.82) is 0 Å². The molecular formula is C10H11Cl2N. The standard InChI is InChI=1S/C10H11Cl2N/c1-13-4-2-3-7-5-8(11)6-9(12)10(7)13/h5-6H,2-4H2,1H3. The SMILES string of the molecule is CN1CCCc2cc(Cl)cc(Cl)c21. The molecule has 1 nitrogen and oxygen atoms in total. The van der Waals surface area contributed by atoms with E-state index in [1.54, 1.807) is 0 Å². The summed E-state index contributed by atoms with van der Waals surface area (Å²) >= 11 is 12.0. The van der Waals surface area contributed by atoms with Crippen LogP contribution in [0.1, 0.15) is 12.0 Å². The second kappa shape index (κ2) is 3.39. The quantitative estimate of drug-likeness (QED) is 0.642. The lowest BCUT2D eigenvalue weighted by Gasteiger charge is -2.28. The molecule has 0 unspecified atom stereocenters. The van der Waals surface area contributed by atoms with Crippen LogP contribution in [0.15, 0.2) is 12.1 Å². The van der Waals surface area contributed by atoms with Gasteiger partial charge in [-0.15, -0.1) is 0 Å². The highest BCUT2D eigenvalue weighted by Crippen LogP contribution is 2.35. The van der Waals surface area contributed by atoms with Crippen LogP contribution >= 0.6 is 23.2 Å². The van der Waals surface area contributed by atoms with Crippen LogP contribution in [0, 0.1) is 0 Å². The minimum atomic E-state index is 0.735. The van der Waals surface area contributed by atoms with Crippen molar-refractivity contribution in [3.8, 4) is 0 Å². The normalized spacial score (nSPS) is 15.8. The monoisotopic (exact) mass is 215 g/mol. The lowest BCUT2D eigenvalue weighted by atomic mass is 10.0. The van der Waals surface area contributed by atoms with Crippen LogP contribution in [0.2, 0.25) is 10.0 Å². The van der Waals surface area contributed by atoms with E-state index in [9.17, 15) is 0 Å². The van der Waals surface area contributed by atoms with Gasteiger partial charge in [0.2, 0.25) is 0 Å². The highest BCUT2D eigenvalue weighted by atomic mass is 35.5. The lowest BCUT2D eigenvalue weighted by Crippen LogP contribution is -2.24. The highest BCUT2D eigenvalue weighted by molar-refractivity contribution is 6.36. The molecule has 0 amide bonds. The summed E-state index contributed by atoms with van der Waals surface area (Å²) < 4.78 is 0. The summed E-state index contributed by atoms with van der Waals surface area (Å²) in [5, 5.41) is 1.50. The van der Waals surface area contributed by atoms with Gasteiger partial charge in [0.05, 0.1) is 10.7 Å². The summed E-state index contributed by atoms with van der Waals surface area (Å²) in [5.74, 6) is 0. The largest absolute Gasteiger partial charge is 0.373 e. The van der Waals surface area contributed by atoms with Crippen LogP contribution in [-0.2, 0) is 6.42 Å². The minimum Gasteiger partial charge on any atom is -0.373 e. The number of aryl methyl sites for hydroxylation is 1. The fourth-order valence-corrected chi connectivity index (χ4v) is 2.54. The van der Waals surface area contributed by atoms with Gasteiger partial charge in [0, 0.05) is 18.6 Å². The van der Waals surface area contributed by atoms with Crippen molar-refractivity contribution in [1.82, 2.24) is 0 Å². The van der Waals surface area contributed by atoms with Crippen LogP contribution in [0.25, 0.3) is 0 Å². The Balaban J connectivity index is 2.56.